The van der Waals surface area contributed by atoms with Crippen molar-refractivity contribution < 1.29 is 27.3 Å². The molecule has 8 heteroatoms. The van der Waals surface area contributed by atoms with Crippen LogP contribution in [0.15, 0.2) is 42.7 Å². The average molecular weight is 358 g/mol. The van der Waals surface area contributed by atoms with Crippen LogP contribution in [0.3, 0.4) is 0 Å². The molecule has 0 spiro atoms. The summed E-state index contributed by atoms with van der Waals surface area (Å²) in [7, 11) is 0. The van der Waals surface area contributed by atoms with E-state index in [2.05, 4.69) is 5.32 Å². The van der Waals surface area contributed by atoms with Crippen LogP contribution in [0.25, 0.3) is 0 Å². The fraction of sp³-hybridized carbons (Fsp3) is 0.188. The minimum atomic E-state index is -4.53. The van der Waals surface area contributed by atoms with E-state index in [4.69, 9.17) is 11.6 Å². The molecule has 0 saturated carbocycles. The summed E-state index contributed by atoms with van der Waals surface area (Å²) in [5.74, 6) is -0.729. The molecule has 0 radical (unpaired) electrons. The molecule has 1 heterocycles. The number of carbonyl (C=O) groups excluding carboxylic acids is 2. The Bertz CT molecular complexity index is 791. The summed E-state index contributed by atoms with van der Waals surface area (Å²) < 4.78 is 39.6. The van der Waals surface area contributed by atoms with Gasteiger partial charge in [-0.2, -0.15) is 17.7 Å². The lowest BCUT2D eigenvalue weighted by Crippen LogP contribution is -2.40. The van der Waals surface area contributed by atoms with E-state index in [-0.39, 0.29) is 23.0 Å². The minimum absolute atomic E-state index is 0.00108. The summed E-state index contributed by atoms with van der Waals surface area (Å²) in [6.07, 6.45) is -1.48. The third-order valence-electron chi connectivity index (χ3n) is 3.16. The van der Waals surface area contributed by atoms with E-state index in [0.717, 1.165) is 18.2 Å². The third-order valence-corrected chi connectivity index (χ3v) is 3.49. The number of amides is 1. The molecule has 0 aliphatic rings. The molecule has 0 atom stereocenters. The number of nitrogens with zero attached hydrogens (tertiary/aromatic N) is 1. The Morgan fingerprint density at radius 1 is 1.25 bits per heavy atom. The van der Waals surface area contributed by atoms with Crippen LogP contribution in [0.4, 0.5) is 18.9 Å². The van der Waals surface area contributed by atoms with E-state index in [0.29, 0.717) is 5.56 Å². The molecule has 0 saturated heterocycles. The highest BCUT2D eigenvalue weighted by molar-refractivity contribution is 6.33. The molecule has 1 N–H and O–H groups in total. The molecule has 1 amide bonds. The highest BCUT2D eigenvalue weighted by Crippen LogP contribution is 2.33. The second-order valence-electron chi connectivity index (χ2n) is 5.06. The maximum absolute atomic E-state index is 12.7. The monoisotopic (exact) mass is 357 g/mol. The van der Waals surface area contributed by atoms with Crippen molar-refractivity contribution >= 4 is 29.0 Å². The number of aromatic nitrogens is 1. The Balaban J connectivity index is 2.15. The van der Waals surface area contributed by atoms with Crippen molar-refractivity contribution in [2.75, 3.05) is 5.32 Å². The number of pyridine rings is 1. The first-order valence-electron chi connectivity index (χ1n) is 6.83. The molecular formula is C16H13ClF3N2O2+. The number of halogens is 4. The number of ketones is 1. The predicted octanol–water partition coefficient (Wildman–Crippen LogP) is 3.49. The molecular weight excluding hydrogens is 345 g/mol. The Morgan fingerprint density at radius 2 is 1.96 bits per heavy atom. The SMILES string of the molecule is CC(=O)c1ccc[n+](CC(=O)Nc2cc(C(F)(F)F)ccc2Cl)c1. The maximum atomic E-state index is 12.7. The fourth-order valence-corrected chi connectivity index (χ4v) is 2.15. The quantitative estimate of drug-likeness (QED) is 0.672. The summed E-state index contributed by atoms with van der Waals surface area (Å²) in [6.45, 7) is 1.22. The fourth-order valence-electron chi connectivity index (χ4n) is 1.98. The highest BCUT2D eigenvalue weighted by atomic mass is 35.5. The number of Topliss-reactive ketones (excluding diaryl/α,β-unsaturated/α-hetero) is 1. The van der Waals surface area contributed by atoms with Crippen molar-refractivity contribution in [1.82, 2.24) is 0 Å². The lowest BCUT2D eigenvalue weighted by molar-refractivity contribution is -0.684. The van der Waals surface area contributed by atoms with Gasteiger partial charge in [0.2, 0.25) is 6.54 Å². The van der Waals surface area contributed by atoms with E-state index >= 15 is 0 Å². The summed E-state index contributed by atoms with van der Waals surface area (Å²) in [6, 6.07) is 5.88. The van der Waals surface area contributed by atoms with Gasteiger partial charge in [0.15, 0.2) is 18.2 Å². The zero-order valence-electron chi connectivity index (χ0n) is 12.5. The lowest BCUT2D eigenvalue weighted by atomic mass is 10.2. The number of hydrogen-bond acceptors (Lipinski definition) is 2. The Kier molecular flexibility index (Phi) is 5.23. The maximum Gasteiger partial charge on any atom is 0.416 e. The number of carbonyl (C=O) groups is 2. The van der Waals surface area contributed by atoms with Crippen LogP contribution in [0.2, 0.25) is 5.02 Å². The van der Waals surface area contributed by atoms with Crippen LogP contribution < -0.4 is 9.88 Å². The van der Waals surface area contributed by atoms with E-state index in [1.54, 1.807) is 18.3 Å². The minimum Gasteiger partial charge on any atom is -0.319 e. The second kappa shape index (κ2) is 7.00. The van der Waals surface area contributed by atoms with Crippen molar-refractivity contribution in [2.45, 2.75) is 19.6 Å². The van der Waals surface area contributed by atoms with Gasteiger partial charge in [0.05, 0.1) is 21.8 Å². The number of benzene rings is 1. The average Bonchev–Trinajstić information content (AvgIpc) is 2.48. The summed E-state index contributed by atoms with van der Waals surface area (Å²) in [4.78, 5) is 23.3. The molecule has 0 fully saturated rings. The van der Waals surface area contributed by atoms with Gasteiger partial charge in [-0.15, -0.1) is 0 Å². The Hall–Kier alpha value is -2.41. The topological polar surface area (TPSA) is 50.0 Å². The van der Waals surface area contributed by atoms with Gasteiger partial charge in [-0.1, -0.05) is 11.6 Å². The molecule has 2 aromatic rings. The van der Waals surface area contributed by atoms with Gasteiger partial charge in [-0.05, 0) is 31.2 Å². The Labute approximate surface area is 140 Å². The van der Waals surface area contributed by atoms with E-state index in [1.165, 1.54) is 17.7 Å². The molecule has 4 nitrogen and oxygen atoms in total. The first kappa shape index (κ1) is 17.9. The number of anilines is 1. The van der Waals surface area contributed by atoms with Gasteiger partial charge in [0, 0.05) is 6.07 Å². The van der Waals surface area contributed by atoms with E-state index in [9.17, 15) is 22.8 Å². The number of rotatable bonds is 4. The van der Waals surface area contributed by atoms with E-state index < -0.39 is 17.6 Å². The van der Waals surface area contributed by atoms with Crippen molar-refractivity contribution in [1.29, 1.82) is 0 Å². The molecule has 0 aliphatic heterocycles. The first-order valence-corrected chi connectivity index (χ1v) is 7.21. The van der Waals surface area contributed by atoms with Gasteiger partial charge in [0.1, 0.15) is 0 Å². The predicted molar refractivity (Wildman–Crippen MR) is 81.7 cm³/mol. The van der Waals surface area contributed by atoms with Crippen molar-refractivity contribution in [3.8, 4) is 0 Å². The standard InChI is InChI=1S/C16H12ClF3N2O2/c1-10(23)11-3-2-6-22(8-11)9-15(24)21-14-7-12(16(18,19)20)4-5-13(14)17/h2-8H,9H2,1H3/p+1. The van der Waals surface area contributed by atoms with Crippen molar-refractivity contribution in [3.63, 3.8) is 0 Å². The normalized spacial score (nSPS) is 11.2. The van der Waals surface area contributed by atoms with Gasteiger partial charge in [-0.3, -0.25) is 9.59 Å². The van der Waals surface area contributed by atoms with Crippen LogP contribution in [-0.2, 0) is 17.5 Å². The molecule has 0 aliphatic carbocycles. The highest BCUT2D eigenvalue weighted by Gasteiger charge is 2.31. The zero-order valence-corrected chi connectivity index (χ0v) is 13.3. The smallest absolute Gasteiger partial charge is 0.319 e. The van der Waals surface area contributed by atoms with E-state index in [1.807, 2.05) is 0 Å². The molecule has 0 bridgehead atoms. The van der Waals surface area contributed by atoms with Crippen LogP contribution in [0.5, 0.6) is 0 Å². The molecule has 1 aromatic carbocycles. The summed E-state index contributed by atoms with van der Waals surface area (Å²) >= 11 is 5.83. The molecule has 126 valence electrons. The van der Waals surface area contributed by atoms with Crippen LogP contribution in [0, 0.1) is 0 Å². The van der Waals surface area contributed by atoms with Crippen LogP contribution >= 0.6 is 11.6 Å². The van der Waals surface area contributed by atoms with Gasteiger partial charge in [-0.25, -0.2) is 0 Å². The molecule has 0 unspecified atom stereocenters. The molecule has 1 aromatic heterocycles. The van der Waals surface area contributed by atoms with Gasteiger partial charge in [0.25, 0.3) is 5.91 Å². The van der Waals surface area contributed by atoms with Crippen molar-refractivity contribution in [3.05, 3.63) is 58.9 Å². The van der Waals surface area contributed by atoms with Gasteiger partial charge < -0.3 is 5.32 Å². The second-order valence-corrected chi connectivity index (χ2v) is 5.47. The number of alkyl halides is 3. The molecule has 24 heavy (non-hydrogen) atoms. The summed E-state index contributed by atoms with van der Waals surface area (Å²) in [5, 5.41) is 2.34. The zero-order chi connectivity index (χ0) is 17.9. The summed E-state index contributed by atoms with van der Waals surface area (Å²) in [5.41, 5.74) is -0.615. The third kappa shape index (κ3) is 4.55. The van der Waals surface area contributed by atoms with Gasteiger partial charge >= 0.3 is 6.18 Å². The lowest BCUT2D eigenvalue weighted by Gasteiger charge is -2.11. The molecule has 2 rings (SSSR count). The van der Waals surface area contributed by atoms with Crippen molar-refractivity contribution in [2.24, 2.45) is 0 Å². The largest absolute Gasteiger partial charge is 0.416 e. The number of nitrogens with one attached hydrogen (secondary N) is 1. The first-order chi connectivity index (χ1) is 11.2. The van der Waals surface area contributed by atoms with Crippen LogP contribution in [0.1, 0.15) is 22.8 Å². The Morgan fingerprint density at radius 3 is 2.58 bits per heavy atom. The van der Waals surface area contributed by atoms with Crippen LogP contribution in [-0.4, -0.2) is 11.7 Å². The number of hydrogen-bond donors (Lipinski definition) is 1.